The van der Waals surface area contributed by atoms with Crippen molar-refractivity contribution in [3.8, 4) is 0 Å². The van der Waals surface area contributed by atoms with Gasteiger partial charge in [-0.25, -0.2) is 0 Å². The fourth-order valence-electron chi connectivity index (χ4n) is 1.36. The lowest BCUT2D eigenvalue weighted by Gasteiger charge is -2.26. The smallest absolute Gasteiger partial charge is 0.222 e. The Morgan fingerprint density at radius 1 is 1.45 bits per heavy atom. The van der Waals surface area contributed by atoms with E-state index in [2.05, 4.69) is 0 Å². The van der Waals surface area contributed by atoms with Gasteiger partial charge in [-0.05, 0) is 19.3 Å². The molecule has 0 aliphatic carbocycles. The molecule has 1 aliphatic rings. The first-order chi connectivity index (χ1) is 5.34. The first-order valence-corrected chi connectivity index (χ1v) is 4.23. The highest BCUT2D eigenvalue weighted by Crippen LogP contribution is 2.10. The van der Waals surface area contributed by atoms with Gasteiger partial charge in [-0.3, -0.25) is 4.79 Å². The average molecular weight is 157 g/mol. The molecule has 1 fully saturated rings. The maximum absolute atomic E-state index is 11.1. The number of rotatable bonds is 3. The summed E-state index contributed by atoms with van der Waals surface area (Å²) in [5.74, 6) is 0.254. The summed E-state index contributed by atoms with van der Waals surface area (Å²) in [4.78, 5) is 13.0. The van der Waals surface area contributed by atoms with Crippen molar-refractivity contribution < 1.29 is 9.90 Å². The molecule has 0 bridgehead atoms. The molecule has 0 unspecified atom stereocenters. The van der Waals surface area contributed by atoms with Crippen LogP contribution in [-0.4, -0.2) is 35.6 Å². The highest BCUT2D eigenvalue weighted by Gasteiger charge is 2.16. The molecule has 1 amide bonds. The van der Waals surface area contributed by atoms with Crippen LogP contribution in [0.4, 0.5) is 0 Å². The summed E-state index contributed by atoms with van der Waals surface area (Å²) < 4.78 is 0. The highest BCUT2D eigenvalue weighted by molar-refractivity contribution is 5.76. The lowest BCUT2D eigenvalue weighted by molar-refractivity contribution is -0.133. The fraction of sp³-hybridized carbons (Fsp3) is 0.875. The Morgan fingerprint density at radius 2 is 2.27 bits per heavy atom. The van der Waals surface area contributed by atoms with Crippen LogP contribution in [0.25, 0.3) is 0 Å². The summed E-state index contributed by atoms with van der Waals surface area (Å²) in [6, 6.07) is 0. The summed E-state index contributed by atoms with van der Waals surface area (Å²) in [6.45, 7) is 1.80. The quantitative estimate of drug-likeness (QED) is 0.643. The molecule has 0 aromatic carbocycles. The van der Waals surface area contributed by atoms with Crippen LogP contribution in [0.2, 0.25) is 0 Å². The number of hydrogen-bond acceptors (Lipinski definition) is 2. The molecule has 3 nitrogen and oxygen atoms in total. The van der Waals surface area contributed by atoms with Crippen LogP contribution in [0.5, 0.6) is 0 Å². The third kappa shape index (κ3) is 2.50. The predicted octanol–water partition coefficient (Wildman–Crippen LogP) is 0.381. The molecule has 0 radical (unpaired) electrons. The van der Waals surface area contributed by atoms with E-state index < -0.39 is 0 Å². The van der Waals surface area contributed by atoms with Crippen LogP contribution < -0.4 is 0 Å². The Morgan fingerprint density at radius 3 is 2.91 bits per heavy atom. The monoisotopic (exact) mass is 157 g/mol. The van der Waals surface area contributed by atoms with Crippen molar-refractivity contribution in [2.45, 2.75) is 25.7 Å². The lowest BCUT2D eigenvalue weighted by atomic mass is 10.1. The summed E-state index contributed by atoms with van der Waals surface area (Å²) in [5, 5.41) is 8.55. The topological polar surface area (TPSA) is 40.5 Å². The minimum Gasteiger partial charge on any atom is -0.396 e. The molecular weight excluding hydrogens is 142 g/mol. The van der Waals surface area contributed by atoms with Gasteiger partial charge in [0.2, 0.25) is 5.91 Å². The van der Waals surface area contributed by atoms with Gasteiger partial charge in [-0.2, -0.15) is 0 Å². The first kappa shape index (κ1) is 8.53. The predicted molar refractivity (Wildman–Crippen MR) is 42.1 cm³/mol. The minimum atomic E-state index is 0.184. The van der Waals surface area contributed by atoms with Crippen molar-refractivity contribution in [1.82, 2.24) is 4.90 Å². The molecule has 1 rings (SSSR count). The van der Waals surface area contributed by atoms with Crippen LogP contribution in [0.1, 0.15) is 25.7 Å². The van der Waals surface area contributed by atoms with Crippen molar-refractivity contribution in [3.63, 3.8) is 0 Å². The summed E-state index contributed by atoms with van der Waals surface area (Å²) in [5.41, 5.74) is 0. The van der Waals surface area contributed by atoms with Crippen LogP contribution >= 0.6 is 0 Å². The van der Waals surface area contributed by atoms with Gasteiger partial charge in [0.1, 0.15) is 0 Å². The second kappa shape index (κ2) is 4.34. The van der Waals surface area contributed by atoms with Crippen LogP contribution in [0.3, 0.4) is 0 Å². The van der Waals surface area contributed by atoms with Gasteiger partial charge in [0.15, 0.2) is 0 Å². The second-order valence-electron chi connectivity index (χ2n) is 2.92. The number of carbonyl (C=O) groups is 1. The zero-order valence-electron chi connectivity index (χ0n) is 6.75. The molecule has 64 valence electrons. The molecule has 0 spiro atoms. The van der Waals surface area contributed by atoms with Gasteiger partial charge in [-0.15, -0.1) is 0 Å². The minimum absolute atomic E-state index is 0.184. The van der Waals surface area contributed by atoms with E-state index in [1.807, 2.05) is 4.90 Å². The third-order valence-corrected chi connectivity index (χ3v) is 2.01. The van der Waals surface area contributed by atoms with E-state index in [1.165, 1.54) is 0 Å². The number of piperidine rings is 1. The molecule has 11 heavy (non-hydrogen) atoms. The van der Waals surface area contributed by atoms with Crippen LogP contribution in [-0.2, 0) is 4.79 Å². The number of aliphatic hydroxyl groups excluding tert-OH is 1. The molecule has 1 N–H and O–H groups in total. The van der Waals surface area contributed by atoms with E-state index >= 15 is 0 Å². The maximum atomic E-state index is 11.1. The number of carbonyl (C=O) groups excluding carboxylic acids is 1. The molecule has 0 aromatic heterocycles. The van der Waals surface area contributed by atoms with Gasteiger partial charge < -0.3 is 10.0 Å². The molecule has 1 saturated heterocycles. The van der Waals surface area contributed by atoms with Crippen LogP contribution in [0.15, 0.2) is 0 Å². The second-order valence-corrected chi connectivity index (χ2v) is 2.92. The molecule has 0 aromatic rings. The molecule has 3 heteroatoms. The Kier molecular flexibility index (Phi) is 3.36. The van der Waals surface area contributed by atoms with E-state index in [4.69, 9.17) is 5.11 Å². The Bertz CT molecular complexity index is 136. The molecule has 1 aliphatic heterocycles. The number of likely N-dealkylation sites (tertiary alicyclic amines) is 1. The van der Waals surface area contributed by atoms with E-state index in [-0.39, 0.29) is 12.5 Å². The van der Waals surface area contributed by atoms with Gasteiger partial charge >= 0.3 is 0 Å². The van der Waals surface area contributed by atoms with Gasteiger partial charge in [0, 0.05) is 26.1 Å². The van der Waals surface area contributed by atoms with Gasteiger partial charge in [0.25, 0.3) is 0 Å². The Balaban J connectivity index is 2.24. The number of amides is 1. The standard InChI is InChI=1S/C8H15NO2/c10-7-3-6-9-5-2-1-4-8(9)11/h10H,1-7H2. The highest BCUT2D eigenvalue weighted by atomic mass is 16.3. The van der Waals surface area contributed by atoms with Crippen molar-refractivity contribution in [2.75, 3.05) is 19.7 Å². The zero-order chi connectivity index (χ0) is 8.10. The largest absolute Gasteiger partial charge is 0.396 e. The third-order valence-electron chi connectivity index (χ3n) is 2.01. The van der Waals surface area contributed by atoms with E-state index in [9.17, 15) is 4.79 Å². The molecule has 0 saturated carbocycles. The average Bonchev–Trinajstić information content (AvgIpc) is 2.03. The Labute approximate surface area is 67.0 Å². The SMILES string of the molecule is O=C1CCCCN1CCCO. The Hall–Kier alpha value is -0.570. The number of hydrogen-bond donors (Lipinski definition) is 1. The fourth-order valence-corrected chi connectivity index (χ4v) is 1.36. The van der Waals surface area contributed by atoms with Gasteiger partial charge in [-0.1, -0.05) is 0 Å². The molecule has 0 atom stereocenters. The van der Waals surface area contributed by atoms with Gasteiger partial charge in [0.05, 0.1) is 0 Å². The van der Waals surface area contributed by atoms with Crippen molar-refractivity contribution in [2.24, 2.45) is 0 Å². The van der Waals surface area contributed by atoms with E-state index in [0.29, 0.717) is 12.8 Å². The first-order valence-electron chi connectivity index (χ1n) is 4.23. The van der Waals surface area contributed by atoms with Crippen molar-refractivity contribution in [1.29, 1.82) is 0 Å². The van der Waals surface area contributed by atoms with E-state index in [0.717, 1.165) is 25.9 Å². The molecular formula is C8H15NO2. The van der Waals surface area contributed by atoms with Crippen LogP contribution in [0, 0.1) is 0 Å². The normalized spacial score (nSPS) is 19.0. The number of aliphatic hydroxyl groups is 1. The summed E-state index contributed by atoms with van der Waals surface area (Å²) in [6.07, 6.45) is 3.57. The zero-order valence-corrected chi connectivity index (χ0v) is 6.75. The maximum Gasteiger partial charge on any atom is 0.222 e. The molecule has 1 heterocycles. The van der Waals surface area contributed by atoms with Crippen molar-refractivity contribution >= 4 is 5.91 Å². The number of nitrogens with zero attached hydrogens (tertiary/aromatic N) is 1. The van der Waals surface area contributed by atoms with E-state index in [1.54, 1.807) is 0 Å². The summed E-state index contributed by atoms with van der Waals surface area (Å²) >= 11 is 0. The lowest BCUT2D eigenvalue weighted by Crippen LogP contribution is -2.36. The van der Waals surface area contributed by atoms with Crippen molar-refractivity contribution in [3.05, 3.63) is 0 Å². The summed E-state index contributed by atoms with van der Waals surface area (Å²) in [7, 11) is 0.